The fourth-order valence-electron chi connectivity index (χ4n) is 15.1. The zero-order valence-corrected chi connectivity index (χ0v) is 50.7. The molecule has 2 aromatic heterocycles. The molecule has 442 valence electrons. The average Bonchev–Trinajstić information content (AvgIpc) is 1.41. The number of esters is 1. The maximum absolute atomic E-state index is 12.9. The first-order valence-electron chi connectivity index (χ1n) is 29.5. The Labute approximate surface area is 502 Å². The summed E-state index contributed by atoms with van der Waals surface area (Å²) in [5, 5.41) is 46.1. The van der Waals surface area contributed by atoms with Crippen LogP contribution in [0, 0.1) is 42.4 Å². The summed E-state index contributed by atoms with van der Waals surface area (Å²) < 4.78 is 10.4. The first-order valence-corrected chi connectivity index (χ1v) is 29.5. The van der Waals surface area contributed by atoms with Gasteiger partial charge >= 0.3 is 17.9 Å². The quantitative estimate of drug-likeness (QED) is 0.0872. The minimum absolute atomic E-state index is 0.0160. The highest BCUT2D eigenvalue weighted by Crippen LogP contribution is 2.68. The molecule has 86 heavy (non-hydrogen) atoms. The van der Waals surface area contributed by atoms with Crippen LogP contribution in [0.1, 0.15) is 128 Å². The summed E-state index contributed by atoms with van der Waals surface area (Å²) in [6.07, 6.45) is 13.5. The number of benzene rings is 6. The first-order chi connectivity index (χ1) is 40.9. The number of aromatic carboxylic acids is 2. The molecule has 0 aliphatic heterocycles. The topological polar surface area (TPSA) is 190 Å². The third-order valence-electron chi connectivity index (χ3n) is 19.5. The van der Waals surface area contributed by atoms with Gasteiger partial charge in [-0.15, -0.1) is 0 Å². The number of carboxylic acids is 2. The van der Waals surface area contributed by atoms with E-state index in [0.29, 0.717) is 52.1 Å². The van der Waals surface area contributed by atoms with Crippen LogP contribution in [0.3, 0.4) is 0 Å². The van der Waals surface area contributed by atoms with Gasteiger partial charge in [-0.1, -0.05) is 98.0 Å². The SMILES string of the molecule is CC(=O)OC1(C(C)=O)CCC2C3C=C(C)C4=CC(=O)CCC4(C)C3CCC21C.Cc1cc(C=Cc2ccc3cc(N(C)C)ccc3[n+]2C)c(C)n1-c1ccccc1.O=C(O)c1cc2ccccc2c(Cc2c(O)c(C(=O)O)cc3ccccc23)c1[O-]. The van der Waals surface area contributed by atoms with Crippen molar-refractivity contribution in [3.05, 3.63) is 196 Å². The van der Waals surface area contributed by atoms with Gasteiger partial charge in [0.1, 0.15) is 18.4 Å². The number of aromatic nitrogens is 2. The molecule has 6 unspecified atom stereocenters. The number of carbonyl (C=O) groups is 5. The van der Waals surface area contributed by atoms with Crippen molar-refractivity contribution in [3.63, 3.8) is 0 Å². The molecule has 0 saturated heterocycles. The second kappa shape index (κ2) is 23.4. The number of hydrogen-bond donors (Lipinski definition) is 3. The molecule has 0 spiro atoms. The Kier molecular flexibility index (Phi) is 16.3. The molecule has 13 heteroatoms. The third kappa shape index (κ3) is 10.7. The van der Waals surface area contributed by atoms with Crippen LogP contribution in [-0.4, -0.2) is 69.1 Å². The molecule has 4 aliphatic rings. The average molecular weight is 1150 g/mol. The minimum atomic E-state index is -1.34. The Bertz CT molecular complexity index is 4070. The Morgan fingerprint density at radius 1 is 0.744 bits per heavy atom. The molecular formula is C73H75N3O10. The number of rotatable bonds is 10. The Morgan fingerprint density at radius 3 is 2.01 bits per heavy atom. The number of hydrogen-bond acceptors (Lipinski definition) is 9. The van der Waals surface area contributed by atoms with Crippen molar-refractivity contribution in [2.75, 3.05) is 19.0 Å². The van der Waals surface area contributed by atoms with Crippen LogP contribution in [0.5, 0.6) is 11.5 Å². The number of aryl methyl sites for hydroxylation is 2. The second-order valence-corrected chi connectivity index (χ2v) is 24.6. The molecule has 0 radical (unpaired) electrons. The molecule has 0 amide bonds. The predicted octanol–water partition coefficient (Wildman–Crippen LogP) is 13.6. The standard InChI is InChI=1S/C26H28N3.C24H32O4.C23H16O6/c1-19-17-21(20(2)29(19)24-9-7-6-8-10-24)11-13-23-14-12-22-18-25(27(3)4)15-16-26(22)28(23)5;1-14-12-18-19(22(4)9-6-17(27)13-21(14)22)7-10-23(5)20(18)8-11-24(23,15(2)25)28-16(3)26;24-20-16(14-7-3-1-5-12(14)9-18(20)22(26)27)11-17-15-8-4-2-6-13(15)10-19(21(17)25)23(28)29/h6-18H,1-5H3;12-13,18-20H,6-11H2,1-5H3;1-10,24-25H,11H2,(H,26,27)(H,28,29)/q+1;;/p-1. The fraction of sp³-hybridized carbons (Fsp3) is 0.315. The Balaban J connectivity index is 0.000000143. The van der Waals surface area contributed by atoms with Crippen molar-refractivity contribution in [1.29, 1.82) is 0 Å². The predicted molar refractivity (Wildman–Crippen MR) is 336 cm³/mol. The summed E-state index contributed by atoms with van der Waals surface area (Å²) >= 11 is 0. The van der Waals surface area contributed by atoms with Gasteiger partial charge < -0.3 is 34.6 Å². The summed E-state index contributed by atoms with van der Waals surface area (Å²) in [4.78, 5) is 62.0. The number of para-hydroxylation sites is 1. The van der Waals surface area contributed by atoms with Crippen molar-refractivity contribution in [1.82, 2.24) is 4.57 Å². The van der Waals surface area contributed by atoms with E-state index in [1.807, 2.05) is 6.08 Å². The van der Waals surface area contributed by atoms with Gasteiger partial charge in [-0.25, -0.2) is 9.59 Å². The number of ketones is 2. The molecule has 2 saturated carbocycles. The van der Waals surface area contributed by atoms with Crippen LogP contribution in [-0.2, 0) is 32.6 Å². The van der Waals surface area contributed by atoms with Crippen LogP contribution < -0.4 is 14.6 Å². The van der Waals surface area contributed by atoms with Gasteiger partial charge in [-0.05, 0) is 182 Å². The van der Waals surface area contributed by atoms with E-state index in [-0.39, 0.29) is 57.0 Å². The molecule has 6 atom stereocenters. The van der Waals surface area contributed by atoms with E-state index in [9.17, 15) is 44.4 Å². The number of phenols is 1. The number of fused-ring (bicyclic) bond motifs is 8. The number of anilines is 1. The maximum Gasteiger partial charge on any atom is 0.339 e. The van der Waals surface area contributed by atoms with Gasteiger partial charge in [0.25, 0.3) is 0 Å². The van der Waals surface area contributed by atoms with E-state index in [4.69, 9.17) is 4.74 Å². The first kappa shape index (κ1) is 60.0. The minimum Gasteiger partial charge on any atom is -0.872 e. The van der Waals surface area contributed by atoms with Crippen molar-refractivity contribution >= 4 is 79.8 Å². The Hall–Kier alpha value is -9.10. The normalized spacial score (nSPS) is 22.1. The van der Waals surface area contributed by atoms with Crippen LogP contribution in [0.2, 0.25) is 0 Å². The molecule has 4 aliphatic carbocycles. The van der Waals surface area contributed by atoms with E-state index in [1.54, 1.807) is 55.5 Å². The summed E-state index contributed by atoms with van der Waals surface area (Å²) in [5.74, 6) is -2.68. The lowest BCUT2D eigenvalue weighted by atomic mass is 9.47. The summed E-state index contributed by atoms with van der Waals surface area (Å²) in [7, 11) is 6.28. The van der Waals surface area contributed by atoms with Gasteiger partial charge in [-0.2, -0.15) is 4.57 Å². The number of pyridine rings is 1. The molecule has 13 nitrogen and oxygen atoms in total. The lowest BCUT2D eigenvalue weighted by molar-refractivity contribution is -0.646. The molecule has 0 bridgehead atoms. The maximum atomic E-state index is 12.9. The van der Waals surface area contributed by atoms with Crippen molar-refractivity contribution in [2.45, 2.75) is 99.0 Å². The number of carbonyl (C=O) groups excluding carboxylic acids is 3. The molecule has 3 N–H and O–H groups in total. The number of aromatic hydroxyl groups is 1. The third-order valence-corrected chi connectivity index (χ3v) is 19.5. The molecule has 6 aromatic carbocycles. The van der Waals surface area contributed by atoms with E-state index in [2.05, 4.69) is 155 Å². The number of nitrogens with zero attached hydrogens (tertiary/aromatic N) is 3. The summed E-state index contributed by atoms with van der Waals surface area (Å²) in [6.45, 7) is 14.0. The number of ether oxygens (including phenoxy) is 1. The van der Waals surface area contributed by atoms with Crippen LogP contribution in [0.4, 0.5) is 5.69 Å². The van der Waals surface area contributed by atoms with Crippen LogP contribution >= 0.6 is 0 Å². The lowest BCUT2D eigenvalue weighted by Crippen LogP contribution is -2.58. The zero-order chi connectivity index (χ0) is 61.7. The molecule has 2 fully saturated rings. The highest BCUT2D eigenvalue weighted by molar-refractivity contribution is 6.02. The number of Topliss-reactive ketones (excluding diaryl/α,β-unsaturated/α-hetero) is 1. The molecule has 2 heterocycles. The smallest absolute Gasteiger partial charge is 0.339 e. The van der Waals surface area contributed by atoms with Gasteiger partial charge in [0.2, 0.25) is 11.2 Å². The molecule has 12 rings (SSSR count). The second-order valence-electron chi connectivity index (χ2n) is 24.6. The van der Waals surface area contributed by atoms with Gasteiger partial charge in [-0.3, -0.25) is 14.4 Å². The number of carboxylic acid groups (broad SMARTS) is 2. The van der Waals surface area contributed by atoms with Crippen LogP contribution in [0.25, 0.3) is 50.3 Å². The highest BCUT2D eigenvalue weighted by atomic mass is 16.6. The van der Waals surface area contributed by atoms with Crippen LogP contribution in [0.15, 0.2) is 151 Å². The van der Waals surface area contributed by atoms with Gasteiger partial charge in [0.15, 0.2) is 17.2 Å². The van der Waals surface area contributed by atoms with Crippen molar-refractivity contribution in [3.8, 4) is 17.2 Å². The van der Waals surface area contributed by atoms with E-state index >= 15 is 0 Å². The van der Waals surface area contributed by atoms with Crippen molar-refractivity contribution in [2.24, 2.45) is 35.6 Å². The van der Waals surface area contributed by atoms with Gasteiger partial charge in [0.05, 0.1) is 5.56 Å². The lowest BCUT2D eigenvalue weighted by Gasteiger charge is -2.58. The molecule has 8 aromatic rings. The van der Waals surface area contributed by atoms with E-state index in [0.717, 1.165) is 25.7 Å². The summed E-state index contributed by atoms with van der Waals surface area (Å²) in [6, 6.07) is 40.3. The highest BCUT2D eigenvalue weighted by Gasteiger charge is 2.67. The fourth-order valence-corrected chi connectivity index (χ4v) is 15.1. The van der Waals surface area contributed by atoms with E-state index < -0.39 is 29.0 Å². The Morgan fingerprint density at radius 2 is 1.37 bits per heavy atom. The largest absolute Gasteiger partial charge is 0.872 e. The monoisotopic (exact) mass is 1150 g/mol. The van der Waals surface area contributed by atoms with Crippen molar-refractivity contribution < 1.29 is 53.7 Å². The van der Waals surface area contributed by atoms with Gasteiger partial charge in [0, 0.05) is 91.2 Å². The zero-order valence-electron chi connectivity index (χ0n) is 50.7. The van der Waals surface area contributed by atoms with E-state index in [1.165, 1.54) is 75.1 Å². The summed E-state index contributed by atoms with van der Waals surface area (Å²) in [5.41, 5.74) is 9.55. The number of allylic oxidation sites excluding steroid dienone is 4. The molecular weight excluding hydrogens is 1080 g/mol.